The molecule has 0 bridgehead atoms. The van der Waals surface area contributed by atoms with Gasteiger partial charge >= 0.3 is 0 Å². The number of nitrogens with one attached hydrogen (secondary N) is 1. The molecular formula is C11H16N4S. The first kappa shape index (κ1) is 11.3. The minimum Gasteiger partial charge on any atom is -0.370 e. The summed E-state index contributed by atoms with van der Waals surface area (Å²) in [6.45, 7) is 3.19. The van der Waals surface area contributed by atoms with E-state index in [1.807, 2.05) is 30.1 Å². The summed E-state index contributed by atoms with van der Waals surface area (Å²) < 4.78 is 1.76. The number of thioether (sulfide) groups is 1. The van der Waals surface area contributed by atoms with Gasteiger partial charge in [-0.2, -0.15) is 16.9 Å². The van der Waals surface area contributed by atoms with Crippen LogP contribution in [0.2, 0.25) is 0 Å². The van der Waals surface area contributed by atoms with Crippen molar-refractivity contribution in [2.45, 2.75) is 18.6 Å². The molecule has 1 N–H and O–H groups in total. The molecule has 0 aromatic carbocycles. The summed E-state index contributed by atoms with van der Waals surface area (Å²) in [5.41, 5.74) is 0.878. The quantitative estimate of drug-likeness (QED) is 0.865. The molecule has 1 unspecified atom stereocenters. The molecule has 4 nitrogen and oxygen atoms in total. The van der Waals surface area contributed by atoms with Crippen LogP contribution in [0.3, 0.4) is 0 Å². The van der Waals surface area contributed by atoms with Gasteiger partial charge in [0.25, 0.3) is 0 Å². The van der Waals surface area contributed by atoms with Crippen molar-refractivity contribution in [3.8, 4) is 0 Å². The first-order chi connectivity index (χ1) is 7.79. The number of hydrogen-bond donors (Lipinski definition) is 1. The number of rotatable bonds is 5. The van der Waals surface area contributed by atoms with Crippen LogP contribution >= 0.6 is 11.8 Å². The van der Waals surface area contributed by atoms with Crippen molar-refractivity contribution in [1.29, 1.82) is 0 Å². The number of anilines is 1. The summed E-state index contributed by atoms with van der Waals surface area (Å²) >= 11 is 1.89. The van der Waals surface area contributed by atoms with Crippen LogP contribution in [0.1, 0.15) is 13.3 Å². The van der Waals surface area contributed by atoms with Crippen molar-refractivity contribution < 1.29 is 0 Å². The second-order valence-corrected chi connectivity index (χ2v) is 4.98. The van der Waals surface area contributed by atoms with Crippen molar-refractivity contribution in [3.63, 3.8) is 0 Å². The van der Waals surface area contributed by atoms with E-state index in [4.69, 9.17) is 0 Å². The summed E-state index contributed by atoms with van der Waals surface area (Å²) in [6, 6.07) is 3.85. The molecule has 0 spiro atoms. The molecule has 2 aromatic rings. The van der Waals surface area contributed by atoms with E-state index >= 15 is 0 Å². The number of hydrogen-bond acceptors (Lipinski definition) is 4. The maximum atomic E-state index is 4.44. The lowest BCUT2D eigenvalue weighted by Crippen LogP contribution is -2.09. The molecule has 0 fully saturated rings. The zero-order chi connectivity index (χ0) is 11.4. The summed E-state index contributed by atoms with van der Waals surface area (Å²) in [5, 5.41) is 8.12. The third-order valence-electron chi connectivity index (χ3n) is 2.52. The van der Waals surface area contributed by atoms with Crippen LogP contribution in [0, 0.1) is 0 Å². The minimum atomic E-state index is 0.686. The minimum absolute atomic E-state index is 0.686. The van der Waals surface area contributed by atoms with Gasteiger partial charge in [0.2, 0.25) is 0 Å². The Bertz CT molecular complexity index is 454. The van der Waals surface area contributed by atoms with Crippen LogP contribution in [0.15, 0.2) is 24.5 Å². The van der Waals surface area contributed by atoms with Gasteiger partial charge in [-0.05, 0) is 18.7 Å². The van der Waals surface area contributed by atoms with Gasteiger partial charge in [0.15, 0.2) is 5.65 Å². The SMILES string of the molecule is CSC(C)CCNc1ccn2nccc2n1. The van der Waals surface area contributed by atoms with Crippen molar-refractivity contribution >= 4 is 23.2 Å². The van der Waals surface area contributed by atoms with Crippen molar-refractivity contribution in [2.75, 3.05) is 18.1 Å². The van der Waals surface area contributed by atoms with E-state index < -0.39 is 0 Å². The molecule has 5 heteroatoms. The van der Waals surface area contributed by atoms with Crippen LogP contribution in [0.25, 0.3) is 5.65 Å². The highest BCUT2D eigenvalue weighted by molar-refractivity contribution is 7.99. The first-order valence-corrected chi connectivity index (χ1v) is 6.65. The largest absolute Gasteiger partial charge is 0.370 e. The summed E-state index contributed by atoms with van der Waals surface area (Å²) in [4.78, 5) is 4.44. The number of fused-ring (bicyclic) bond motifs is 1. The molecule has 2 rings (SSSR count). The Balaban J connectivity index is 1.93. The van der Waals surface area contributed by atoms with E-state index in [-0.39, 0.29) is 0 Å². The fourth-order valence-corrected chi connectivity index (χ4v) is 1.79. The lowest BCUT2D eigenvalue weighted by atomic mass is 10.3. The van der Waals surface area contributed by atoms with Gasteiger partial charge in [-0.3, -0.25) is 0 Å². The van der Waals surface area contributed by atoms with Crippen LogP contribution < -0.4 is 5.32 Å². The highest BCUT2D eigenvalue weighted by Crippen LogP contribution is 2.10. The molecule has 0 saturated carbocycles. The van der Waals surface area contributed by atoms with E-state index in [1.54, 1.807) is 10.7 Å². The Labute approximate surface area is 99.5 Å². The molecule has 0 aliphatic rings. The van der Waals surface area contributed by atoms with Gasteiger partial charge < -0.3 is 5.32 Å². The lowest BCUT2D eigenvalue weighted by molar-refractivity contribution is 0.848. The van der Waals surface area contributed by atoms with Crippen molar-refractivity contribution in [2.24, 2.45) is 0 Å². The Hall–Kier alpha value is -1.23. The predicted octanol–water partition coefficient (Wildman–Crippen LogP) is 2.28. The monoisotopic (exact) mass is 236 g/mol. The molecule has 86 valence electrons. The van der Waals surface area contributed by atoms with Crippen molar-refractivity contribution in [3.05, 3.63) is 24.5 Å². The second-order valence-electron chi connectivity index (χ2n) is 3.71. The smallest absolute Gasteiger partial charge is 0.157 e. The van der Waals surface area contributed by atoms with Crippen LogP contribution in [0.4, 0.5) is 5.82 Å². The molecule has 2 aromatic heterocycles. The van der Waals surface area contributed by atoms with Gasteiger partial charge in [0.05, 0.1) is 6.20 Å². The molecular weight excluding hydrogens is 220 g/mol. The number of nitrogens with zero attached hydrogens (tertiary/aromatic N) is 3. The number of aromatic nitrogens is 3. The zero-order valence-corrected chi connectivity index (χ0v) is 10.4. The Kier molecular flexibility index (Phi) is 3.66. The van der Waals surface area contributed by atoms with Gasteiger partial charge in [-0.15, -0.1) is 0 Å². The zero-order valence-electron chi connectivity index (χ0n) is 9.55. The molecule has 0 aliphatic carbocycles. The highest BCUT2D eigenvalue weighted by atomic mass is 32.2. The van der Waals surface area contributed by atoms with Gasteiger partial charge in [-0.1, -0.05) is 6.92 Å². The Morgan fingerprint density at radius 3 is 3.19 bits per heavy atom. The molecule has 0 aliphatic heterocycles. The molecule has 0 radical (unpaired) electrons. The first-order valence-electron chi connectivity index (χ1n) is 5.36. The van der Waals surface area contributed by atoms with Crippen LogP contribution in [0.5, 0.6) is 0 Å². The maximum absolute atomic E-state index is 4.44. The molecule has 2 heterocycles. The predicted molar refractivity (Wildman–Crippen MR) is 69.1 cm³/mol. The maximum Gasteiger partial charge on any atom is 0.157 e. The molecule has 1 atom stereocenters. The molecule has 0 amide bonds. The fourth-order valence-electron chi connectivity index (χ4n) is 1.43. The average Bonchev–Trinajstić information content (AvgIpc) is 2.76. The standard InChI is InChI=1S/C11H16N4S/c1-9(16-2)3-6-12-10-5-8-15-11(14-10)4-7-13-15/h4-5,7-9H,3,6H2,1-2H3,(H,12,14). The average molecular weight is 236 g/mol. The van der Waals surface area contributed by atoms with Crippen LogP contribution in [-0.2, 0) is 0 Å². The third-order valence-corrected chi connectivity index (χ3v) is 3.56. The molecule has 0 saturated heterocycles. The van der Waals surface area contributed by atoms with Crippen LogP contribution in [-0.4, -0.2) is 32.6 Å². The van der Waals surface area contributed by atoms with E-state index in [0.717, 1.165) is 24.4 Å². The Morgan fingerprint density at radius 1 is 1.50 bits per heavy atom. The topological polar surface area (TPSA) is 42.2 Å². The lowest BCUT2D eigenvalue weighted by Gasteiger charge is -2.09. The van der Waals surface area contributed by atoms with E-state index in [0.29, 0.717) is 5.25 Å². The normalized spacial score (nSPS) is 12.9. The van der Waals surface area contributed by atoms with E-state index in [2.05, 4.69) is 28.6 Å². The summed E-state index contributed by atoms with van der Waals surface area (Å²) in [5.74, 6) is 0.918. The Morgan fingerprint density at radius 2 is 2.38 bits per heavy atom. The van der Waals surface area contributed by atoms with Gasteiger partial charge in [0.1, 0.15) is 5.82 Å². The highest BCUT2D eigenvalue weighted by Gasteiger charge is 2.00. The van der Waals surface area contributed by atoms with E-state index in [9.17, 15) is 0 Å². The third kappa shape index (κ3) is 2.66. The summed E-state index contributed by atoms with van der Waals surface area (Å²) in [7, 11) is 0. The summed E-state index contributed by atoms with van der Waals surface area (Å²) in [6.07, 6.45) is 6.96. The molecule has 16 heavy (non-hydrogen) atoms. The van der Waals surface area contributed by atoms with Gasteiger partial charge in [0, 0.05) is 24.1 Å². The van der Waals surface area contributed by atoms with E-state index in [1.165, 1.54) is 0 Å². The van der Waals surface area contributed by atoms with Crippen molar-refractivity contribution in [1.82, 2.24) is 14.6 Å². The fraction of sp³-hybridized carbons (Fsp3) is 0.455. The second kappa shape index (κ2) is 5.21. The van der Waals surface area contributed by atoms with Gasteiger partial charge in [-0.25, -0.2) is 9.50 Å².